The summed E-state index contributed by atoms with van der Waals surface area (Å²) in [6, 6.07) is 7.30. The minimum absolute atomic E-state index is 0.187. The minimum Gasteiger partial charge on any atom is -0.366 e. The lowest BCUT2D eigenvalue weighted by atomic mass is 10.2. The van der Waals surface area contributed by atoms with Crippen molar-refractivity contribution in [2.24, 2.45) is 0 Å². The molecule has 0 radical (unpaired) electrons. The lowest BCUT2D eigenvalue weighted by Gasteiger charge is -2.03. The van der Waals surface area contributed by atoms with Gasteiger partial charge in [0.05, 0.1) is 11.3 Å². The second-order valence-corrected chi connectivity index (χ2v) is 4.49. The van der Waals surface area contributed by atoms with Gasteiger partial charge >= 0.3 is 0 Å². The summed E-state index contributed by atoms with van der Waals surface area (Å²) in [4.78, 5) is 3.93. The summed E-state index contributed by atoms with van der Waals surface area (Å²) in [6.45, 7) is 0. The van der Waals surface area contributed by atoms with Gasteiger partial charge in [0.2, 0.25) is 10.7 Å². The van der Waals surface area contributed by atoms with Gasteiger partial charge in [0, 0.05) is 4.47 Å². The highest BCUT2D eigenvalue weighted by Gasteiger charge is 2.08. The predicted octanol–water partition coefficient (Wildman–Crippen LogP) is 2.25. The van der Waals surface area contributed by atoms with E-state index in [4.69, 9.17) is 11.0 Å². The van der Waals surface area contributed by atoms with Crippen LogP contribution in [-0.2, 0) is 0 Å². The van der Waals surface area contributed by atoms with E-state index in [0.29, 0.717) is 14.8 Å². The van der Waals surface area contributed by atoms with E-state index in [9.17, 15) is 0 Å². The third-order valence-corrected chi connectivity index (χ3v) is 3.07. The van der Waals surface area contributed by atoms with Crippen LogP contribution in [0.1, 0.15) is 5.56 Å². The van der Waals surface area contributed by atoms with Gasteiger partial charge in [-0.2, -0.15) is 10.2 Å². The molecule has 1 aromatic heterocycles. The lowest BCUT2D eigenvalue weighted by molar-refractivity contribution is 0.859. The monoisotopic (exact) mass is 341 g/mol. The van der Waals surface area contributed by atoms with Gasteiger partial charge in [-0.05, 0) is 50.1 Å². The molecule has 0 saturated carbocycles. The molecule has 16 heavy (non-hydrogen) atoms. The Bertz CT molecular complexity index is 584. The van der Waals surface area contributed by atoms with Crippen molar-refractivity contribution in [3.05, 3.63) is 33.0 Å². The van der Waals surface area contributed by atoms with Crippen molar-refractivity contribution in [2.75, 3.05) is 5.73 Å². The molecular formula is C9H5Br2N5. The number of nitrogens with two attached hydrogens (primary N) is 1. The fourth-order valence-electron chi connectivity index (χ4n) is 1.20. The van der Waals surface area contributed by atoms with Crippen LogP contribution in [0.4, 0.5) is 5.95 Å². The van der Waals surface area contributed by atoms with E-state index in [2.05, 4.69) is 48.0 Å². The Morgan fingerprint density at radius 3 is 2.62 bits per heavy atom. The van der Waals surface area contributed by atoms with E-state index in [0.717, 1.165) is 5.69 Å². The largest absolute Gasteiger partial charge is 0.366 e. The smallest absolute Gasteiger partial charge is 0.240 e. The Kier molecular flexibility index (Phi) is 2.94. The summed E-state index contributed by atoms with van der Waals surface area (Å²) in [5.41, 5.74) is 6.80. The number of halogens is 2. The van der Waals surface area contributed by atoms with Crippen molar-refractivity contribution >= 4 is 37.8 Å². The molecule has 0 bridgehead atoms. The van der Waals surface area contributed by atoms with Crippen molar-refractivity contribution in [2.45, 2.75) is 0 Å². The maximum Gasteiger partial charge on any atom is 0.240 e. The highest BCUT2D eigenvalue weighted by atomic mass is 79.9. The Morgan fingerprint density at radius 1 is 1.38 bits per heavy atom. The first-order chi connectivity index (χ1) is 7.61. The molecule has 0 saturated heterocycles. The molecule has 1 heterocycles. The van der Waals surface area contributed by atoms with Crippen LogP contribution in [0.2, 0.25) is 0 Å². The summed E-state index contributed by atoms with van der Waals surface area (Å²) in [5, 5.41) is 12.8. The fourth-order valence-corrected chi connectivity index (χ4v) is 2.12. The summed E-state index contributed by atoms with van der Waals surface area (Å²) in [5.74, 6) is 0.187. The number of benzene rings is 1. The molecule has 0 aliphatic rings. The Morgan fingerprint density at radius 2 is 2.12 bits per heavy atom. The summed E-state index contributed by atoms with van der Waals surface area (Å²) in [7, 11) is 0. The molecule has 0 spiro atoms. The van der Waals surface area contributed by atoms with Crippen LogP contribution in [-0.4, -0.2) is 14.8 Å². The Hall–Kier alpha value is -1.39. The van der Waals surface area contributed by atoms with Gasteiger partial charge in [-0.3, -0.25) is 0 Å². The fraction of sp³-hybridized carbons (Fsp3) is 0. The van der Waals surface area contributed by atoms with Crippen LogP contribution in [0.25, 0.3) is 5.69 Å². The minimum atomic E-state index is 0.187. The first-order valence-electron chi connectivity index (χ1n) is 4.20. The average Bonchev–Trinajstić information content (AvgIpc) is 2.58. The highest BCUT2D eigenvalue weighted by molar-refractivity contribution is 9.10. The zero-order chi connectivity index (χ0) is 11.7. The molecule has 80 valence electrons. The maximum absolute atomic E-state index is 8.79. The van der Waals surface area contributed by atoms with E-state index in [1.54, 1.807) is 22.9 Å². The van der Waals surface area contributed by atoms with Gasteiger partial charge < -0.3 is 5.73 Å². The van der Waals surface area contributed by atoms with Crippen LogP contribution >= 0.6 is 31.9 Å². The molecule has 0 amide bonds. The van der Waals surface area contributed by atoms with Crippen molar-refractivity contribution in [1.29, 1.82) is 5.26 Å². The molecule has 2 aromatic rings. The topological polar surface area (TPSA) is 80.5 Å². The molecule has 0 fully saturated rings. The highest BCUT2D eigenvalue weighted by Crippen LogP contribution is 2.22. The van der Waals surface area contributed by atoms with Gasteiger partial charge in [-0.25, -0.2) is 4.68 Å². The summed E-state index contributed by atoms with van der Waals surface area (Å²) < 4.78 is 2.76. The van der Waals surface area contributed by atoms with Gasteiger partial charge in [-0.1, -0.05) is 0 Å². The van der Waals surface area contributed by atoms with E-state index < -0.39 is 0 Å². The van der Waals surface area contributed by atoms with Gasteiger partial charge in [-0.15, -0.1) is 5.10 Å². The normalized spacial score (nSPS) is 10.1. The van der Waals surface area contributed by atoms with Gasteiger partial charge in [0.15, 0.2) is 0 Å². The molecule has 5 nitrogen and oxygen atoms in total. The first kappa shape index (κ1) is 11.1. The summed E-state index contributed by atoms with van der Waals surface area (Å²) in [6.07, 6.45) is 0. The molecular weight excluding hydrogens is 338 g/mol. The predicted molar refractivity (Wildman–Crippen MR) is 65.9 cm³/mol. The maximum atomic E-state index is 8.79. The molecule has 0 aliphatic carbocycles. The van der Waals surface area contributed by atoms with Crippen molar-refractivity contribution in [3.8, 4) is 11.8 Å². The van der Waals surface area contributed by atoms with E-state index >= 15 is 0 Å². The molecule has 0 unspecified atom stereocenters. The molecule has 0 aliphatic heterocycles. The molecule has 0 atom stereocenters. The molecule has 7 heteroatoms. The van der Waals surface area contributed by atoms with Crippen molar-refractivity contribution < 1.29 is 0 Å². The van der Waals surface area contributed by atoms with Crippen LogP contribution in [0.3, 0.4) is 0 Å². The summed E-state index contributed by atoms with van der Waals surface area (Å²) >= 11 is 6.55. The molecule has 2 N–H and O–H groups in total. The number of nitriles is 1. The third kappa shape index (κ3) is 1.94. The van der Waals surface area contributed by atoms with E-state index in [-0.39, 0.29) is 5.95 Å². The zero-order valence-corrected chi connectivity index (χ0v) is 11.0. The SMILES string of the molecule is N#Cc1ccc(-n2nc(N)nc2Br)cc1Br. The van der Waals surface area contributed by atoms with Gasteiger partial charge in [0.1, 0.15) is 6.07 Å². The van der Waals surface area contributed by atoms with Crippen LogP contribution in [0.5, 0.6) is 0 Å². The van der Waals surface area contributed by atoms with E-state index in [1.807, 2.05) is 0 Å². The zero-order valence-electron chi connectivity index (χ0n) is 7.85. The molecule has 2 rings (SSSR count). The third-order valence-electron chi connectivity index (χ3n) is 1.90. The Labute approximate surface area is 108 Å². The van der Waals surface area contributed by atoms with Crippen molar-refractivity contribution in [1.82, 2.24) is 14.8 Å². The number of nitrogens with zero attached hydrogens (tertiary/aromatic N) is 4. The number of hydrogen-bond donors (Lipinski definition) is 1. The van der Waals surface area contributed by atoms with Crippen molar-refractivity contribution in [3.63, 3.8) is 0 Å². The molecule has 1 aromatic carbocycles. The number of rotatable bonds is 1. The number of aromatic nitrogens is 3. The quantitative estimate of drug-likeness (QED) is 0.861. The first-order valence-corrected chi connectivity index (χ1v) is 5.78. The van der Waals surface area contributed by atoms with Gasteiger partial charge in [0.25, 0.3) is 0 Å². The second kappa shape index (κ2) is 4.23. The van der Waals surface area contributed by atoms with Crippen LogP contribution in [0.15, 0.2) is 27.4 Å². The van der Waals surface area contributed by atoms with Crippen LogP contribution < -0.4 is 5.73 Å². The standard InChI is InChI=1S/C9H5Br2N5/c10-7-3-6(2-1-5(7)4-12)16-8(11)14-9(13)15-16/h1-3H,(H2,13,15). The number of anilines is 1. The van der Waals surface area contributed by atoms with Crippen LogP contribution in [0, 0.1) is 11.3 Å². The lowest BCUT2D eigenvalue weighted by Crippen LogP contribution is -1.98. The number of nitrogen functional groups attached to an aromatic ring is 1. The average molecular weight is 343 g/mol. The van der Waals surface area contributed by atoms with E-state index in [1.165, 1.54) is 0 Å². The Balaban J connectivity index is 2.54. The second-order valence-electron chi connectivity index (χ2n) is 2.93. The number of hydrogen-bond acceptors (Lipinski definition) is 4.